The Balaban J connectivity index is 1.52. The van der Waals surface area contributed by atoms with Crippen LogP contribution in [-0.4, -0.2) is 63.4 Å². The molecule has 9 heteroatoms. The fourth-order valence-electron chi connectivity index (χ4n) is 4.50. The van der Waals surface area contributed by atoms with Crippen LogP contribution in [0, 0.1) is 0 Å². The lowest BCUT2D eigenvalue weighted by Gasteiger charge is -2.33. The molecular formula is C23H31N3O5S. The summed E-state index contributed by atoms with van der Waals surface area (Å²) in [6.45, 7) is 3.28. The van der Waals surface area contributed by atoms with Crippen LogP contribution in [0.5, 0.6) is 5.75 Å². The highest BCUT2D eigenvalue weighted by Crippen LogP contribution is 2.30. The summed E-state index contributed by atoms with van der Waals surface area (Å²) in [5.41, 5.74) is 0.292. The summed E-state index contributed by atoms with van der Waals surface area (Å²) in [4.78, 5) is 15.4. The van der Waals surface area contributed by atoms with Crippen LogP contribution in [-0.2, 0) is 10.0 Å². The van der Waals surface area contributed by atoms with Gasteiger partial charge in [-0.05, 0) is 69.1 Å². The molecule has 174 valence electrons. The number of carbonyl (C=O) groups is 1. The Labute approximate surface area is 189 Å². The average molecular weight is 462 g/mol. The number of likely N-dealkylation sites (tertiary alicyclic amines) is 1. The standard InChI is InChI=1S/C23H31N3O5S/c1-30-21-10-9-18(16-22(21)32(28,29)26-13-5-6-14-26)23(27)24-17-19(20-8-7-15-31-20)25-11-3-2-4-12-25/h7-10,15-16,19H,2-6,11-14,17H2,1H3,(H,24,27). The third-order valence-electron chi connectivity index (χ3n) is 6.27. The van der Waals surface area contributed by atoms with E-state index in [2.05, 4.69) is 10.2 Å². The molecule has 0 spiro atoms. The molecule has 1 atom stereocenters. The van der Waals surface area contributed by atoms with Crippen molar-refractivity contribution < 1.29 is 22.4 Å². The SMILES string of the molecule is COc1ccc(C(=O)NCC(c2ccco2)N2CCCCC2)cc1S(=O)(=O)N1CCCC1. The molecule has 4 rings (SSSR count). The first-order valence-corrected chi connectivity index (χ1v) is 12.7. The lowest BCUT2D eigenvalue weighted by molar-refractivity contribution is 0.0914. The van der Waals surface area contributed by atoms with Crippen LogP contribution in [0.1, 0.15) is 54.3 Å². The first kappa shape index (κ1) is 22.8. The van der Waals surface area contributed by atoms with E-state index in [0.717, 1.165) is 44.5 Å². The second-order valence-corrected chi connectivity index (χ2v) is 10.2. The molecule has 3 heterocycles. The second-order valence-electron chi connectivity index (χ2n) is 8.31. The van der Waals surface area contributed by atoms with Gasteiger partial charge in [-0.3, -0.25) is 9.69 Å². The summed E-state index contributed by atoms with van der Waals surface area (Å²) in [7, 11) is -2.28. The molecule has 1 amide bonds. The Morgan fingerprint density at radius 3 is 2.47 bits per heavy atom. The Hall–Kier alpha value is -2.36. The number of ether oxygens (including phenoxy) is 1. The van der Waals surface area contributed by atoms with Crippen molar-refractivity contribution in [2.45, 2.75) is 43.0 Å². The van der Waals surface area contributed by atoms with Gasteiger partial charge >= 0.3 is 0 Å². The Bertz CT molecular complexity index is 1010. The number of piperidine rings is 1. The number of amides is 1. The first-order valence-electron chi connectivity index (χ1n) is 11.2. The predicted molar refractivity (Wildman–Crippen MR) is 120 cm³/mol. The van der Waals surface area contributed by atoms with Gasteiger partial charge in [0.05, 0.1) is 19.4 Å². The molecule has 1 aromatic heterocycles. The van der Waals surface area contributed by atoms with Crippen LogP contribution in [0.3, 0.4) is 0 Å². The summed E-state index contributed by atoms with van der Waals surface area (Å²) in [5, 5.41) is 2.98. The number of nitrogens with zero attached hydrogens (tertiary/aromatic N) is 2. The van der Waals surface area contributed by atoms with Gasteiger partial charge in [0.25, 0.3) is 5.91 Å². The zero-order chi connectivity index (χ0) is 22.6. The minimum Gasteiger partial charge on any atom is -0.495 e. The van der Waals surface area contributed by atoms with Crippen molar-refractivity contribution in [3.05, 3.63) is 47.9 Å². The van der Waals surface area contributed by atoms with Gasteiger partial charge in [-0.25, -0.2) is 8.42 Å². The van der Waals surface area contributed by atoms with Crippen LogP contribution < -0.4 is 10.1 Å². The van der Waals surface area contributed by atoms with Gasteiger partial charge in [0.2, 0.25) is 10.0 Å². The normalized spacial score (nSPS) is 19.0. The quantitative estimate of drug-likeness (QED) is 0.650. The van der Waals surface area contributed by atoms with Crippen molar-refractivity contribution in [1.82, 2.24) is 14.5 Å². The minimum absolute atomic E-state index is 0.0353. The van der Waals surface area contributed by atoms with Gasteiger partial charge in [0.1, 0.15) is 16.4 Å². The Morgan fingerprint density at radius 2 is 1.81 bits per heavy atom. The second kappa shape index (κ2) is 10.1. The molecule has 0 saturated carbocycles. The summed E-state index contributed by atoms with van der Waals surface area (Å²) in [6, 6.07) is 8.30. The summed E-state index contributed by atoms with van der Waals surface area (Å²) in [5.74, 6) is 0.744. The van der Waals surface area contributed by atoms with E-state index in [1.807, 2.05) is 12.1 Å². The molecule has 2 aromatic rings. The fraction of sp³-hybridized carbons (Fsp3) is 0.522. The molecule has 0 bridgehead atoms. The Kier molecular flexibility index (Phi) is 7.17. The number of methoxy groups -OCH3 is 1. The van der Waals surface area contributed by atoms with Gasteiger partial charge in [0.15, 0.2) is 0 Å². The highest BCUT2D eigenvalue weighted by Gasteiger charge is 2.31. The summed E-state index contributed by atoms with van der Waals surface area (Å²) in [6.07, 6.45) is 6.79. The van der Waals surface area contributed by atoms with Gasteiger partial charge in [0, 0.05) is 25.2 Å². The van der Waals surface area contributed by atoms with E-state index in [0.29, 0.717) is 25.2 Å². The molecule has 1 N–H and O–H groups in total. The van der Waals surface area contributed by atoms with Crippen molar-refractivity contribution in [1.29, 1.82) is 0 Å². The van der Waals surface area contributed by atoms with E-state index in [9.17, 15) is 13.2 Å². The fourth-order valence-corrected chi connectivity index (χ4v) is 6.20. The smallest absolute Gasteiger partial charge is 0.251 e. The van der Waals surface area contributed by atoms with E-state index in [1.54, 1.807) is 18.4 Å². The molecule has 2 saturated heterocycles. The lowest BCUT2D eigenvalue weighted by Crippen LogP contribution is -2.40. The number of hydrogen-bond acceptors (Lipinski definition) is 6. The van der Waals surface area contributed by atoms with Crippen molar-refractivity contribution in [3.8, 4) is 5.75 Å². The molecule has 32 heavy (non-hydrogen) atoms. The van der Waals surface area contributed by atoms with Crippen LogP contribution >= 0.6 is 0 Å². The topological polar surface area (TPSA) is 92.1 Å². The zero-order valence-corrected chi connectivity index (χ0v) is 19.3. The van der Waals surface area contributed by atoms with Gasteiger partial charge in [-0.1, -0.05) is 6.42 Å². The Morgan fingerprint density at radius 1 is 1.09 bits per heavy atom. The molecule has 2 aliphatic heterocycles. The van der Waals surface area contributed by atoms with Gasteiger partial charge < -0.3 is 14.5 Å². The van der Waals surface area contributed by atoms with Crippen LogP contribution in [0.4, 0.5) is 0 Å². The van der Waals surface area contributed by atoms with E-state index in [1.165, 1.54) is 23.9 Å². The van der Waals surface area contributed by atoms with Crippen molar-refractivity contribution >= 4 is 15.9 Å². The number of nitrogens with one attached hydrogen (secondary N) is 1. The highest BCUT2D eigenvalue weighted by molar-refractivity contribution is 7.89. The third-order valence-corrected chi connectivity index (χ3v) is 8.19. The average Bonchev–Trinajstić information content (AvgIpc) is 3.54. The predicted octanol–water partition coefficient (Wildman–Crippen LogP) is 3.03. The maximum absolute atomic E-state index is 13.1. The zero-order valence-electron chi connectivity index (χ0n) is 18.5. The highest BCUT2D eigenvalue weighted by atomic mass is 32.2. The molecule has 1 unspecified atom stereocenters. The van der Waals surface area contributed by atoms with Crippen molar-refractivity contribution in [2.75, 3.05) is 39.8 Å². The van der Waals surface area contributed by atoms with E-state index >= 15 is 0 Å². The summed E-state index contributed by atoms with van der Waals surface area (Å²) >= 11 is 0. The van der Waals surface area contributed by atoms with Crippen LogP contribution in [0.2, 0.25) is 0 Å². The van der Waals surface area contributed by atoms with Gasteiger partial charge in [-0.15, -0.1) is 0 Å². The molecule has 2 fully saturated rings. The monoisotopic (exact) mass is 461 g/mol. The molecule has 8 nitrogen and oxygen atoms in total. The molecule has 0 radical (unpaired) electrons. The number of sulfonamides is 1. The first-order chi connectivity index (χ1) is 15.5. The van der Waals surface area contributed by atoms with Crippen LogP contribution in [0.25, 0.3) is 0 Å². The number of hydrogen-bond donors (Lipinski definition) is 1. The van der Waals surface area contributed by atoms with E-state index in [-0.39, 0.29) is 22.6 Å². The molecule has 1 aromatic carbocycles. The number of benzene rings is 1. The molecule has 0 aliphatic carbocycles. The number of rotatable bonds is 8. The maximum Gasteiger partial charge on any atom is 0.251 e. The van der Waals surface area contributed by atoms with Crippen LogP contribution in [0.15, 0.2) is 45.9 Å². The largest absolute Gasteiger partial charge is 0.495 e. The molecule has 2 aliphatic rings. The van der Waals surface area contributed by atoms with Crippen molar-refractivity contribution in [2.24, 2.45) is 0 Å². The van der Waals surface area contributed by atoms with E-state index in [4.69, 9.17) is 9.15 Å². The molecular weight excluding hydrogens is 430 g/mol. The number of carbonyl (C=O) groups excluding carboxylic acids is 1. The van der Waals surface area contributed by atoms with Gasteiger partial charge in [-0.2, -0.15) is 4.31 Å². The summed E-state index contributed by atoms with van der Waals surface area (Å²) < 4.78 is 38.6. The maximum atomic E-state index is 13.1. The minimum atomic E-state index is -3.72. The number of furan rings is 1. The lowest BCUT2D eigenvalue weighted by atomic mass is 10.1. The van der Waals surface area contributed by atoms with E-state index < -0.39 is 10.0 Å². The third kappa shape index (κ3) is 4.84. The van der Waals surface area contributed by atoms with Crippen molar-refractivity contribution in [3.63, 3.8) is 0 Å².